The number of aryl methyl sites for hydroxylation is 11. The molecule has 5 aliphatic heterocycles. The van der Waals surface area contributed by atoms with Crippen LogP contribution in [0.2, 0.25) is 5.02 Å². The summed E-state index contributed by atoms with van der Waals surface area (Å²) in [5, 5.41) is 56.6. The SMILES string of the molecule is Cc1ccc(C2=N[C@@H](CC(=O)C(C)(C)C)c3nnc(C)n3-c3sc(C)c(C)c32)cn1.Cc1ncc(C2=N[C@@H](CC(=O)C(C)(C)C)c3nnc(C)n3-c3sc(C)c(C)c32)cn1.Cc1nnc2n1-c1ccccc1C(c1ccc(Cl)cc1)=N[C@H]2CC(=O)C(C)(C)C.Cc1sc2c(c1C)C(c1ccnnc1)=N[C@@H](CC(=O)C(C)(C)C)c1nnc(C)n1-2.[C-]#[N+]c1ccc(C2=N[C@@H](CC(=O)C(C)(C)C)c3nnc(C)n3-c3sc(C)c(C)c32)cc1. The fraction of sp³-hybridized carbons (Fsp3) is 0.398. The van der Waals surface area contributed by atoms with E-state index < -0.39 is 57.3 Å². The van der Waals surface area contributed by atoms with Crippen LogP contribution in [0.3, 0.4) is 0 Å². The molecule has 0 fully saturated rings. The van der Waals surface area contributed by atoms with Gasteiger partial charge in [0.1, 0.15) is 114 Å². The van der Waals surface area contributed by atoms with Crippen LogP contribution >= 0.6 is 56.9 Å². The van der Waals surface area contributed by atoms with Crippen LogP contribution in [0.4, 0.5) is 5.69 Å². The van der Waals surface area contributed by atoms with Crippen molar-refractivity contribution in [2.75, 3.05) is 0 Å². The Morgan fingerprint density at radius 2 is 0.611 bits per heavy atom. The van der Waals surface area contributed by atoms with Crippen LogP contribution in [0.25, 0.3) is 30.5 Å². The largest absolute Gasteiger partial charge is 0.299 e. The van der Waals surface area contributed by atoms with Gasteiger partial charge in [0.05, 0.1) is 53.2 Å². The Bertz CT molecular complexity index is 7780. The van der Waals surface area contributed by atoms with Crippen LogP contribution in [0.1, 0.15) is 333 Å². The maximum absolute atomic E-state index is 13.0. The number of halogens is 1. The van der Waals surface area contributed by atoms with Gasteiger partial charge in [0, 0.05) is 158 Å². The Labute approximate surface area is 890 Å². The van der Waals surface area contributed by atoms with Crippen LogP contribution in [-0.4, -0.2) is 156 Å². The first kappa shape index (κ1) is 108. The molecule has 0 amide bonds. The highest BCUT2D eigenvalue weighted by Crippen LogP contribution is 2.48. The predicted molar refractivity (Wildman–Crippen MR) is 589 cm³/mol. The van der Waals surface area contributed by atoms with E-state index in [1.54, 1.807) is 70.1 Å². The fourth-order valence-corrected chi connectivity index (χ4v) is 22.8. The second-order valence-corrected chi connectivity index (χ2v) is 48.7. The monoisotopic (exact) mass is 2090 g/mol. The molecular formula is C113H125ClN26O5S4. The Morgan fingerprint density at radius 3 is 0.933 bits per heavy atom. The van der Waals surface area contributed by atoms with Crippen LogP contribution in [0.5, 0.6) is 0 Å². The van der Waals surface area contributed by atoms with E-state index in [1.807, 2.05) is 248 Å². The zero-order chi connectivity index (χ0) is 108. The number of benzene rings is 3. The maximum Gasteiger partial charge on any atom is 0.187 e. The van der Waals surface area contributed by atoms with Crippen molar-refractivity contribution >= 4 is 120 Å². The number of carbonyl (C=O) groups is 5. The average molecular weight is 2090 g/mol. The second-order valence-electron chi connectivity index (χ2n) is 43.4. The molecule has 5 aliphatic rings. The average Bonchev–Trinajstić information content (AvgIpc) is 1.61. The summed E-state index contributed by atoms with van der Waals surface area (Å²) >= 11 is 12.9. The van der Waals surface area contributed by atoms with Crippen LogP contribution in [0, 0.1) is 138 Å². The first-order valence-corrected chi connectivity index (χ1v) is 53.3. The van der Waals surface area contributed by atoms with E-state index in [0.29, 0.717) is 39.8 Å². The number of fused-ring (bicyclic) bond motifs is 15. The van der Waals surface area contributed by atoms with Gasteiger partial charge in [0.25, 0.3) is 0 Å². The van der Waals surface area contributed by atoms with Gasteiger partial charge in [0.2, 0.25) is 0 Å². The number of aliphatic imine (C=N–C) groups is 5. The molecule has 3 aromatic carbocycles. The lowest BCUT2D eigenvalue weighted by Gasteiger charge is -2.19. The molecule has 0 radical (unpaired) electrons. The van der Waals surface area contributed by atoms with E-state index in [2.05, 4.69) is 161 Å². The van der Waals surface area contributed by atoms with Crippen molar-refractivity contribution in [1.82, 2.24) is 99.0 Å². The summed E-state index contributed by atoms with van der Waals surface area (Å²) in [5.41, 5.74) is 18.9. The highest BCUT2D eigenvalue weighted by atomic mass is 35.5. The van der Waals surface area contributed by atoms with Gasteiger partial charge in [-0.25, -0.2) is 14.8 Å². The molecule has 149 heavy (non-hydrogen) atoms. The number of rotatable bonds is 15. The summed E-state index contributed by atoms with van der Waals surface area (Å²) in [6.07, 6.45) is 10.2. The zero-order valence-electron chi connectivity index (χ0n) is 90.1. The fourth-order valence-electron chi connectivity index (χ4n) is 17.8. The molecule has 15 aromatic rings. The number of nitrogens with zero attached hydrogens (tertiary/aromatic N) is 26. The Hall–Kier alpha value is -14.1. The van der Waals surface area contributed by atoms with Gasteiger partial charge in [-0.05, 0) is 168 Å². The lowest BCUT2D eigenvalue weighted by molar-refractivity contribution is -0.127. The summed E-state index contributed by atoms with van der Waals surface area (Å²) < 4.78 is 10.3. The van der Waals surface area contributed by atoms with Crippen molar-refractivity contribution in [3.8, 4) is 25.7 Å². The molecule has 0 saturated carbocycles. The van der Waals surface area contributed by atoms with E-state index in [0.717, 1.165) is 162 Å². The molecular weight excluding hydrogens is 1970 g/mol. The van der Waals surface area contributed by atoms with Crippen molar-refractivity contribution in [2.24, 2.45) is 52.0 Å². The van der Waals surface area contributed by atoms with E-state index in [4.69, 9.17) is 43.1 Å². The zero-order valence-corrected chi connectivity index (χ0v) is 94.2. The number of hydrogen-bond acceptors (Lipinski definition) is 29. The molecule has 0 bridgehead atoms. The van der Waals surface area contributed by atoms with Gasteiger partial charge in [-0.2, -0.15) is 10.2 Å². The highest BCUT2D eigenvalue weighted by Gasteiger charge is 2.42. The molecule has 12 aromatic heterocycles. The number of Topliss-reactive ketones (excluding diaryl/α,β-unsaturated/α-hetero) is 5. The summed E-state index contributed by atoms with van der Waals surface area (Å²) in [6.45, 7) is 66.7. The summed E-state index contributed by atoms with van der Waals surface area (Å²) in [7, 11) is 0. The van der Waals surface area contributed by atoms with Gasteiger partial charge in [-0.15, -0.1) is 96.3 Å². The number of thiophene rings is 4. The lowest BCUT2D eigenvalue weighted by atomic mass is 9.87. The van der Waals surface area contributed by atoms with Crippen molar-refractivity contribution in [3.05, 3.63) is 306 Å². The van der Waals surface area contributed by atoms with Crippen molar-refractivity contribution < 1.29 is 24.0 Å². The number of para-hydroxylation sites is 1. The molecule has 0 saturated heterocycles. The minimum atomic E-state index is -0.462. The van der Waals surface area contributed by atoms with Crippen molar-refractivity contribution in [2.45, 2.75) is 270 Å². The number of aromatic nitrogens is 20. The lowest BCUT2D eigenvalue weighted by Crippen LogP contribution is -2.23. The number of ketones is 5. The van der Waals surface area contributed by atoms with E-state index in [1.165, 1.54) is 30.6 Å². The normalized spacial score (nSPS) is 15.9. The number of hydrogen-bond donors (Lipinski definition) is 0. The minimum Gasteiger partial charge on any atom is -0.299 e. The number of carbonyl (C=O) groups excluding carboxylic acids is 5. The Morgan fingerprint density at radius 1 is 0.322 bits per heavy atom. The quantitative estimate of drug-likeness (QED) is 0.0860. The predicted octanol–water partition coefficient (Wildman–Crippen LogP) is 23.9. The molecule has 0 N–H and O–H groups in total. The van der Waals surface area contributed by atoms with E-state index in [-0.39, 0.29) is 61.0 Å². The van der Waals surface area contributed by atoms with Gasteiger partial charge >= 0.3 is 0 Å². The van der Waals surface area contributed by atoms with Crippen LogP contribution < -0.4 is 0 Å². The smallest absolute Gasteiger partial charge is 0.187 e. The van der Waals surface area contributed by atoms with Gasteiger partial charge in [-0.1, -0.05) is 170 Å². The molecule has 31 nitrogen and oxygen atoms in total. The second kappa shape index (κ2) is 42.2. The summed E-state index contributed by atoms with van der Waals surface area (Å²) in [4.78, 5) is 112. The van der Waals surface area contributed by atoms with Crippen molar-refractivity contribution in [3.63, 3.8) is 0 Å². The highest BCUT2D eigenvalue weighted by molar-refractivity contribution is 7.16. The molecule has 0 aliphatic carbocycles. The summed E-state index contributed by atoms with van der Waals surface area (Å²) in [5.74, 6) is 8.89. The first-order chi connectivity index (χ1) is 70.2. The van der Waals surface area contributed by atoms with E-state index >= 15 is 0 Å². The van der Waals surface area contributed by atoms with Crippen molar-refractivity contribution in [1.29, 1.82) is 0 Å². The third-order valence-electron chi connectivity index (χ3n) is 27.4. The molecule has 5 atom stereocenters. The number of pyridine rings is 1. The van der Waals surface area contributed by atoms with Gasteiger partial charge in [-0.3, -0.25) is 76.8 Å². The molecule has 0 spiro atoms. The van der Waals surface area contributed by atoms with Gasteiger partial charge < -0.3 is 0 Å². The topological polar surface area (TPSA) is 370 Å². The Kier molecular flexibility index (Phi) is 30.5. The van der Waals surface area contributed by atoms with Gasteiger partial charge in [0.15, 0.2) is 34.8 Å². The molecule has 20 rings (SSSR count). The molecule has 17 heterocycles. The molecule has 0 unspecified atom stereocenters. The minimum absolute atomic E-state index is 0.134. The maximum atomic E-state index is 13.0. The third-order valence-corrected chi connectivity index (χ3v) is 32.4. The first-order valence-electron chi connectivity index (χ1n) is 49.6. The molecule has 768 valence electrons. The third kappa shape index (κ3) is 22.0. The molecule has 36 heteroatoms. The van der Waals surface area contributed by atoms with E-state index in [9.17, 15) is 24.0 Å². The Balaban J connectivity index is 0.000000133. The van der Waals surface area contributed by atoms with Crippen LogP contribution in [-0.2, 0) is 24.0 Å². The summed E-state index contributed by atoms with van der Waals surface area (Å²) in [6, 6.07) is 27.1. The van der Waals surface area contributed by atoms with Crippen LogP contribution in [0.15, 0.2) is 147 Å². The standard InChI is InChI=1S/C24H25N5OS.C23H23ClN4O.C23H27N5OS.C22H26N6OS.C21H24N6OS/c1-13-14(2)31-23-20(13)21(16-8-10-17(25-7)11-9-16)26-18(12-19(30)24(4,5)6)22-28-27-15(3)29(22)23;1-14-26-27-22-18(13-20(29)23(2,3)4)25-21(15-9-11-16(24)12-10-15)17-7-5-6-8-19(17)28(14)22;1-12-8-9-16(11-24-12)20-19-13(2)14(3)30-22(19)28-15(4)26-27-21(28)17(25-20)10-18(29)23(5,6)7;1-11-12(2)30-21-18(11)19(15-9-23-13(3)24-10-15)25-16(8-17(29)22(5,6)7)20-27-26-14(4)28(20)21;1-11-12(2)29-20-17(11)18(14-7-8-22-23-10-14)24-15(9-16(28)21(4,5)6)19-26-25-13(3)27(19)20/h8-11,18H,12H2,1-6H3;5-12,18H,13H2,1-4H3;8-9,11,17H,10H2,1-7H3;9-10,16H,8H2,1-7H3;7-8,10,15H,9H2,1-6H3/t2*18-;17-;16-;15-/m00000/s1.